The van der Waals surface area contributed by atoms with Crippen LogP contribution in [0.4, 0.5) is 0 Å². The highest BCUT2D eigenvalue weighted by atomic mass is 15.1. The van der Waals surface area contributed by atoms with E-state index in [1.165, 1.54) is 96.7 Å². The Morgan fingerprint density at radius 1 is 0.857 bits per heavy atom. The smallest absolute Gasteiger partial charge is 0.00536 e. The maximum Gasteiger partial charge on any atom is 0.00536 e. The lowest BCUT2D eigenvalue weighted by molar-refractivity contribution is 0.0841. The van der Waals surface area contributed by atoms with Gasteiger partial charge in [-0.25, -0.2) is 0 Å². The Bertz CT molecular complexity index is 298. The molecule has 1 aliphatic heterocycles. The predicted octanol–water partition coefficient (Wildman–Crippen LogP) is 4.19. The highest BCUT2D eigenvalue weighted by molar-refractivity contribution is 4.84. The molecule has 2 N–H and O–H groups in total. The third kappa shape index (κ3) is 4.69. The minimum atomic E-state index is 0.456. The van der Waals surface area contributed by atoms with E-state index in [9.17, 15) is 0 Å². The molecule has 0 aromatic heterocycles. The normalized spacial score (nSPS) is 33.6. The van der Waals surface area contributed by atoms with Gasteiger partial charge in [0.25, 0.3) is 0 Å². The van der Waals surface area contributed by atoms with E-state index >= 15 is 0 Å². The molecule has 3 unspecified atom stereocenters. The molecule has 1 saturated heterocycles. The molecule has 3 atom stereocenters. The summed E-state index contributed by atoms with van der Waals surface area (Å²) in [6.45, 7) is 3.98. The minimum Gasteiger partial charge on any atom is -0.328 e. The highest BCUT2D eigenvalue weighted by Gasteiger charge is 2.30. The van der Waals surface area contributed by atoms with Gasteiger partial charge in [0.2, 0.25) is 0 Å². The number of rotatable bonds is 5. The monoisotopic (exact) mass is 292 g/mol. The summed E-state index contributed by atoms with van der Waals surface area (Å²) in [7, 11) is 0. The van der Waals surface area contributed by atoms with E-state index < -0.39 is 0 Å². The van der Waals surface area contributed by atoms with E-state index in [-0.39, 0.29) is 0 Å². The van der Waals surface area contributed by atoms with Gasteiger partial charge >= 0.3 is 0 Å². The van der Waals surface area contributed by atoms with Crippen molar-refractivity contribution >= 4 is 0 Å². The fraction of sp³-hybridized carbons (Fsp3) is 1.00. The Labute approximate surface area is 131 Å². The molecule has 0 aromatic rings. The Balaban J connectivity index is 1.34. The highest BCUT2D eigenvalue weighted by Crippen LogP contribution is 2.36. The van der Waals surface area contributed by atoms with Crippen LogP contribution in [-0.4, -0.2) is 30.6 Å². The summed E-state index contributed by atoms with van der Waals surface area (Å²) in [6.07, 6.45) is 17.2. The van der Waals surface area contributed by atoms with E-state index in [2.05, 4.69) is 4.90 Å². The average molecular weight is 293 g/mol. The molecule has 0 spiro atoms. The van der Waals surface area contributed by atoms with E-state index in [1.807, 2.05) is 0 Å². The molecule has 21 heavy (non-hydrogen) atoms. The molecule has 0 aromatic carbocycles. The Kier molecular flexibility index (Phi) is 5.99. The van der Waals surface area contributed by atoms with Gasteiger partial charge in [-0.1, -0.05) is 51.4 Å². The van der Waals surface area contributed by atoms with E-state index in [4.69, 9.17) is 5.73 Å². The van der Waals surface area contributed by atoms with Gasteiger partial charge in [0, 0.05) is 12.6 Å². The first-order chi connectivity index (χ1) is 10.3. The third-order valence-electron chi connectivity index (χ3n) is 6.55. The summed E-state index contributed by atoms with van der Waals surface area (Å²) in [4.78, 5) is 2.73. The largest absolute Gasteiger partial charge is 0.328 e. The minimum absolute atomic E-state index is 0.456. The van der Waals surface area contributed by atoms with Crippen LogP contribution in [0.2, 0.25) is 0 Å². The zero-order valence-corrected chi connectivity index (χ0v) is 13.9. The lowest BCUT2D eigenvalue weighted by Gasteiger charge is -2.41. The average Bonchev–Trinajstić information content (AvgIpc) is 2.54. The van der Waals surface area contributed by atoms with Crippen LogP contribution in [0.5, 0.6) is 0 Å². The summed E-state index contributed by atoms with van der Waals surface area (Å²) in [5, 5.41) is 0. The summed E-state index contributed by atoms with van der Waals surface area (Å²) >= 11 is 0. The molecule has 3 rings (SSSR count). The van der Waals surface area contributed by atoms with Gasteiger partial charge in [0.15, 0.2) is 0 Å². The second kappa shape index (κ2) is 7.97. The first kappa shape index (κ1) is 15.8. The zero-order valence-electron chi connectivity index (χ0n) is 13.9. The van der Waals surface area contributed by atoms with Crippen molar-refractivity contribution in [3.63, 3.8) is 0 Å². The maximum absolute atomic E-state index is 6.43. The van der Waals surface area contributed by atoms with Gasteiger partial charge in [-0.15, -0.1) is 0 Å². The van der Waals surface area contributed by atoms with Gasteiger partial charge in [0.1, 0.15) is 0 Å². The molecule has 2 heteroatoms. The number of hydrogen-bond donors (Lipinski definition) is 1. The number of piperidine rings is 1. The van der Waals surface area contributed by atoms with Crippen LogP contribution in [0, 0.1) is 17.8 Å². The van der Waals surface area contributed by atoms with Gasteiger partial charge in [0.05, 0.1) is 0 Å². The maximum atomic E-state index is 6.43. The molecule has 2 aliphatic carbocycles. The number of likely N-dealkylation sites (tertiary alicyclic amines) is 1. The van der Waals surface area contributed by atoms with Crippen LogP contribution in [0.25, 0.3) is 0 Å². The van der Waals surface area contributed by atoms with Crippen LogP contribution >= 0.6 is 0 Å². The van der Waals surface area contributed by atoms with Crippen molar-refractivity contribution in [3.05, 3.63) is 0 Å². The lowest BCUT2D eigenvalue weighted by atomic mass is 9.75. The second-order valence-corrected chi connectivity index (χ2v) is 8.18. The van der Waals surface area contributed by atoms with Crippen molar-refractivity contribution in [2.45, 2.75) is 83.1 Å². The first-order valence-electron chi connectivity index (χ1n) is 9.79. The molecule has 2 nitrogen and oxygen atoms in total. The molecule has 0 amide bonds. The number of nitrogens with two attached hydrogens (primary N) is 1. The van der Waals surface area contributed by atoms with Crippen LogP contribution < -0.4 is 5.73 Å². The van der Waals surface area contributed by atoms with Gasteiger partial charge in [-0.2, -0.15) is 0 Å². The van der Waals surface area contributed by atoms with Gasteiger partial charge < -0.3 is 10.6 Å². The Morgan fingerprint density at radius 2 is 1.57 bits per heavy atom. The number of nitrogens with zero attached hydrogens (tertiary/aromatic N) is 1. The molecule has 1 heterocycles. The van der Waals surface area contributed by atoms with E-state index in [0.717, 1.165) is 17.8 Å². The quantitative estimate of drug-likeness (QED) is 0.823. The molecule has 0 bridgehead atoms. The fourth-order valence-electron chi connectivity index (χ4n) is 5.20. The Hall–Kier alpha value is -0.0800. The SMILES string of the molecule is NC(CCN1CCC2CCCCC2C1)CC1CCCCC1. The van der Waals surface area contributed by atoms with Crippen molar-refractivity contribution in [1.82, 2.24) is 4.90 Å². The molecule has 3 aliphatic rings. The molecule has 2 saturated carbocycles. The van der Waals surface area contributed by atoms with Crippen LogP contribution in [0.15, 0.2) is 0 Å². The van der Waals surface area contributed by atoms with Crippen molar-refractivity contribution < 1.29 is 0 Å². The first-order valence-corrected chi connectivity index (χ1v) is 9.79. The summed E-state index contributed by atoms with van der Waals surface area (Å²) in [5.41, 5.74) is 6.43. The lowest BCUT2D eigenvalue weighted by Crippen LogP contribution is -2.43. The van der Waals surface area contributed by atoms with Gasteiger partial charge in [-0.05, 0) is 56.5 Å². The fourth-order valence-corrected chi connectivity index (χ4v) is 5.20. The zero-order chi connectivity index (χ0) is 14.5. The number of hydrogen-bond acceptors (Lipinski definition) is 2. The molecule has 0 radical (unpaired) electrons. The summed E-state index contributed by atoms with van der Waals surface area (Å²) in [6, 6.07) is 0.456. The molecular formula is C19H36N2. The van der Waals surface area contributed by atoms with Crippen molar-refractivity contribution in [3.8, 4) is 0 Å². The topological polar surface area (TPSA) is 29.3 Å². The standard InChI is InChI=1S/C19H36N2/c20-19(14-16-6-2-1-3-7-16)11-13-21-12-10-17-8-4-5-9-18(17)15-21/h16-19H,1-15,20H2. The summed E-state index contributed by atoms with van der Waals surface area (Å²) in [5.74, 6) is 3.02. The summed E-state index contributed by atoms with van der Waals surface area (Å²) < 4.78 is 0. The van der Waals surface area contributed by atoms with Crippen LogP contribution in [0.1, 0.15) is 77.0 Å². The molecular weight excluding hydrogens is 256 g/mol. The van der Waals surface area contributed by atoms with Crippen molar-refractivity contribution in [1.29, 1.82) is 0 Å². The molecule has 3 fully saturated rings. The van der Waals surface area contributed by atoms with Crippen molar-refractivity contribution in [2.24, 2.45) is 23.5 Å². The van der Waals surface area contributed by atoms with E-state index in [0.29, 0.717) is 6.04 Å². The number of fused-ring (bicyclic) bond motifs is 1. The van der Waals surface area contributed by atoms with Crippen LogP contribution in [0.3, 0.4) is 0 Å². The van der Waals surface area contributed by atoms with Crippen molar-refractivity contribution in [2.75, 3.05) is 19.6 Å². The molecule has 122 valence electrons. The third-order valence-corrected chi connectivity index (χ3v) is 6.55. The Morgan fingerprint density at radius 3 is 2.38 bits per heavy atom. The van der Waals surface area contributed by atoms with Gasteiger partial charge in [-0.3, -0.25) is 0 Å². The second-order valence-electron chi connectivity index (χ2n) is 8.18. The van der Waals surface area contributed by atoms with E-state index in [1.54, 1.807) is 0 Å². The predicted molar refractivity (Wildman–Crippen MR) is 90.3 cm³/mol. The van der Waals surface area contributed by atoms with Crippen LogP contribution in [-0.2, 0) is 0 Å².